The first kappa shape index (κ1) is 26.1. The summed E-state index contributed by atoms with van der Waals surface area (Å²) in [6.07, 6.45) is -3.22. The molecule has 0 aromatic heterocycles. The molecule has 2 aromatic rings. The van der Waals surface area contributed by atoms with Gasteiger partial charge in [0.1, 0.15) is 13.2 Å². The fourth-order valence-electron chi connectivity index (χ4n) is 5.50. The van der Waals surface area contributed by atoms with E-state index in [0.717, 1.165) is 11.1 Å². The lowest BCUT2D eigenvalue weighted by molar-refractivity contribution is -0.241. The summed E-state index contributed by atoms with van der Waals surface area (Å²) in [5.74, 6) is -2.47. The van der Waals surface area contributed by atoms with Crippen molar-refractivity contribution in [3.05, 3.63) is 71.8 Å². The first-order chi connectivity index (χ1) is 19.4. The van der Waals surface area contributed by atoms with Crippen molar-refractivity contribution in [2.75, 3.05) is 39.3 Å². The molecule has 12 heteroatoms. The number of nitrogens with one attached hydrogen (secondary N) is 2. The number of benzene rings is 2. The van der Waals surface area contributed by atoms with E-state index in [4.69, 9.17) is 18.9 Å². The van der Waals surface area contributed by atoms with Gasteiger partial charge in [0.05, 0.1) is 10.8 Å². The lowest BCUT2D eigenvalue weighted by Crippen LogP contribution is -2.79. The van der Waals surface area contributed by atoms with E-state index in [1.807, 2.05) is 60.7 Å². The van der Waals surface area contributed by atoms with Crippen LogP contribution in [0.4, 0.5) is 9.59 Å². The highest BCUT2D eigenvalue weighted by molar-refractivity contribution is 6.29. The van der Waals surface area contributed by atoms with Gasteiger partial charge >= 0.3 is 24.1 Å². The number of amides is 2. The van der Waals surface area contributed by atoms with Crippen LogP contribution >= 0.6 is 0 Å². The van der Waals surface area contributed by atoms with Gasteiger partial charge in [-0.25, -0.2) is 19.2 Å². The maximum Gasteiger partial charge on any atom is 0.419 e. The zero-order chi connectivity index (χ0) is 27.7. The maximum absolute atomic E-state index is 12.9. The Balaban J connectivity index is 1.05. The summed E-state index contributed by atoms with van der Waals surface area (Å²) in [4.78, 5) is 53.8. The Bertz CT molecular complexity index is 1180. The molecule has 2 amide bonds. The fraction of sp³-hybridized carbons (Fsp3) is 0.429. The number of rotatable bonds is 6. The number of hydrogen-bond acceptors (Lipinski definition) is 10. The molecule has 2 N–H and O–H groups in total. The topological polar surface area (TPSA) is 136 Å². The molecule has 4 saturated heterocycles. The molecule has 210 valence electrons. The van der Waals surface area contributed by atoms with E-state index in [9.17, 15) is 19.2 Å². The summed E-state index contributed by atoms with van der Waals surface area (Å²) in [6.45, 7) is 2.91. The molecule has 4 aliphatic rings. The lowest BCUT2D eigenvalue weighted by Gasteiger charge is -2.60. The van der Waals surface area contributed by atoms with Gasteiger partial charge in [0, 0.05) is 39.3 Å². The second-order valence-corrected chi connectivity index (χ2v) is 10.8. The third-order valence-electron chi connectivity index (χ3n) is 7.98. The van der Waals surface area contributed by atoms with Gasteiger partial charge in [-0.15, -0.1) is 0 Å². The Morgan fingerprint density at radius 3 is 1.35 bits per heavy atom. The summed E-state index contributed by atoms with van der Waals surface area (Å²) < 4.78 is 21.8. The van der Waals surface area contributed by atoms with Gasteiger partial charge in [0.25, 0.3) is 0 Å². The molecule has 40 heavy (non-hydrogen) atoms. The molecule has 0 bridgehead atoms. The highest BCUT2D eigenvalue weighted by Gasteiger charge is 2.63. The highest BCUT2D eigenvalue weighted by Crippen LogP contribution is 2.44. The Morgan fingerprint density at radius 1 is 0.650 bits per heavy atom. The number of likely N-dealkylation sites (tertiary alicyclic amines) is 2. The second-order valence-electron chi connectivity index (χ2n) is 10.8. The molecule has 2 aromatic carbocycles. The first-order valence-corrected chi connectivity index (χ1v) is 13.2. The van der Waals surface area contributed by atoms with Crippen molar-refractivity contribution in [1.82, 2.24) is 20.4 Å². The predicted molar refractivity (Wildman–Crippen MR) is 137 cm³/mol. The summed E-state index contributed by atoms with van der Waals surface area (Å²) >= 11 is 0. The van der Waals surface area contributed by atoms with Gasteiger partial charge in [-0.05, 0) is 11.1 Å². The average Bonchev–Trinajstić information content (AvgIpc) is 2.90. The van der Waals surface area contributed by atoms with E-state index < -0.39 is 47.4 Å². The smallest absolute Gasteiger partial charge is 0.419 e. The molecular formula is C28H30N4O8. The third kappa shape index (κ3) is 4.73. The van der Waals surface area contributed by atoms with Crippen LogP contribution < -0.4 is 10.6 Å². The zero-order valence-corrected chi connectivity index (χ0v) is 21.7. The lowest BCUT2D eigenvalue weighted by atomic mass is 9.72. The number of carbonyl (C=O) groups is 4. The molecular weight excluding hydrogens is 520 g/mol. The molecule has 4 heterocycles. The minimum Gasteiger partial charge on any atom is -0.444 e. The second kappa shape index (κ2) is 10.4. The molecule has 12 nitrogen and oxygen atoms in total. The van der Waals surface area contributed by atoms with Crippen molar-refractivity contribution in [2.45, 2.75) is 25.7 Å². The molecule has 4 aliphatic heterocycles. The highest BCUT2D eigenvalue weighted by atomic mass is 16.6. The van der Waals surface area contributed by atoms with Gasteiger partial charge in [-0.1, -0.05) is 60.7 Å². The van der Waals surface area contributed by atoms with Crippen molar-refractivity contribution in [3.8, 4) is 0 Å². The Hall–Kier alpha value is -4.16. The number of esters is 2. The van der Waals surface area contributed by atoms with Crippen LogP contribution in [0, 0.1) is 10.8 Å². The normalized spacial score (nSPS) is 23.1. The molecule has 4 fully saturated rings. The van der Waals surface area contributed by atoms with Crippen molar-refractivity contribution in [2.24, 2.45) is 10.8 Å². The molecule has 0 radical (unpaired) electrons. The summed E-state index contributed by atoms with van der Waals surface area (Å²) in [6, 6.07) is 18.4. The average molecular weight is 551 g/mol. The standard InChI is InChI=1S/C28H30N4O8/c33-21(39-23-27(13-29-14-27)17-31(23)25(35)37-11-19-7-3-1-4-8-19)22(34)40-24-28(15-30-16-28)18-32(24)26(36)38-12-20-9-5-2-6-10-20/h1-10,23-24,29-30H,11-18H2. The molecule has 6 rings (SSSR count). The van der Waals surface area contributed by atoms with Gasteiger partial charge in [0.2, 0.25) is 0 Å². The van der Waals surface area contributed by atoms with Crippen LogP contribution in [-0.2, 0) is 41.8 Å². The van der Waals surface area contributed by atoms with Gasteiger partial charge in [-0.3, -0.25) is 9.80 Å². The number of hydrogen-bond donors (Lipinski definition) is 2. The summed E-state index contributed by atoms with van der Waals surface area (Å²) in [7, 11) is 0. The zero-order valence-electron chi connectivity index (χ0n) is 21.7. The van der Waals surface area contributed by atoms with Gasteiger partial charge in [0.15, 0.2) is 12.5 Å². The first-order valence-electron chi connectivity index (χ1n) is 13.2. The minimum atomic E-state index is -1.23. The molecule has 0 saturated carbocycles. The van der Waals surface area contributed by atoms with Crippen molar-refractivity contribution < 1.29 is 38.1 Å². The largest absolute Gasteiger partial charge is 0.444 e. The van der Waals surface area contributed by atoms with Crippen LogP contribution in [0.15, 0.2) is 60.7 Å². The summed E-state index contributed by atoms with van der Waals surface area (Å²) in [5.41, 5.74) is 0.676. The predicted octanol–water partition coefficient (Wildman–Crippen LogP) is 1.21. The van der Waals surface area contributed by atoms with E-state index in [1.54, 1.807) is 0 Å². The van der Waals surface area contributed by atoms with Crippen molar-refractivity contribution >= 4 is 24.1 Å². The van der Waals surface area contributed by atoms with Crippen molar-refractivity contribution in [3.63, 3.8) is 0 Å². The van der Waals surface area contributed by atoms with Gasteiger partial charge < -0.3 is 29.6 Å². The van der Waals surface area contributed by atoms with Crippen LogP contribution in [0.2, 0.25) is 0 Å². The van der Waals surface area contributed by atoms with Crippen LogP contribution in [0.25, 0.3) is 0 Å². The van der Waals surface area contributed by atoms with Crippen molar-refractivity contribution in [1.29, 1.82) is 0 Å². The third-order valence-corrected chi connectivity index (χ3v) is 7.98. The van der Waals surface area contributed by atoms with Crippen LogP contribution in [-0.4, -0.2) is 85.6 Å². The van der Waals surface area contributed by atoms with E-state index in [0.29, 0.717) is 39.3 Å². The van der Waals surface area contributed by atoms with Crippen LogP contribution in [0.1, 0.15) is 11.1 Å². The molecule has 0 aliphatic carbocycles. The monoisotopic (exact) mass is 550 g/mol. The maximum atomic E-state index is 12.9. The molecule has 2 spiro atoms. The number of carbonyl (C=O) groups excluding carboxylic acids is 4. The SMILES string of the molecule is O=C(OC1N(C(=O)OCc2ccccc2)CC12CNC2)C(=O)OC1N(C(=O)OCc2ccccc2)CC12CNC2. The van der Waals surface area contributed by atoms with E-state index in [-0.39, 0.29) is 13.2 Å². The Morgan fingerprint density at radius 2 is 1.02 bits per heavy atom. The van der Waals surface area contributed by atoms with E-state index in [2.05, 4.69) is 10.6 Å². The van der Waals surface area contributed by atoms with E-state index in [1.165, 1.54) is 9.80 Å². The fourth-order valence-corrected chi connectivity index (χ4v) is 5.50. The summed E-state index contributed by atoms with van der Waals surface area (Å²) in [5, 5.41) is 6.24. The number of nitrogens with zero attached hydrogens (tertiary/aromatic N) is 2. The van der Waals surface area contributed by atoms with Gasteiger partial charge in [-0.2, -0.15) is 0 Å². The Labute approximate surface area is 230 Å². The van der Waals surface area contributed by atoms with Crippen LogP contribution in [0.3, 0.4) is 0 Å². The number of ether oxygens (including phenoxy) is 4. The minimum absolute atomic E-state index is 0.0676. The Kier molecular flexibility index (Phi) is 6.80. The molecule has 2 atom stereocenters. The van der Waals surface area contributed by atoms with Crippen LogP contribution in [0.5, 0.6) is 0 Å². The molecule has 2 unspecified atom stereocenters. The quantitative estimate of drug-likeness (QED) is 0.307. The van der Waals surface area contributed by atoms with E-state index >= 15 is 0 Å².